The van der Waals surface area contributed by atoms with Crippen LogP contribution in [-0.2, 0) is 11.2 Å². The molecular weight excluding hydrogens is 434 g/mol. The molecule has 1 aromatic heterocycles. The number of rotatable bonds is 3. The maximum Gasteiger partial charge on any atom is 0.228 e. The van der Waals surface area contributed by atoms with E-state index >= 15 is 0 Å². The van der Waals surface area contributed by atoms with Gasteiger partial charge in [-0.2, -0.15) is 0 Å². The summed E-state index contributed by atoms with van der Waals surface area (Å²) in [6.45, 7) is 6.22. The van der Waals surface area contributed by atoms with E-state index in [9.17, 15) is 4.79 Å². The molecule has 33 heavy (non-hydrogen) atoms. The lowest BCUT2D eigenvalue weighted by Crippen LogP contribution is -2.55. The van der Waals surface area contributed by atoms with Crippen LogP contribution in [0.4, 0.5) is 5.69 Å². The minimum Gasteiger partial charge on any atom is -0.497 e. The van der Waals surface area contributed by atoms with Crippen LogP contribution in [0, 0.1) is 6.92 Å². The minimum absolute atomic E-state index is 0.0737. The van der Waals surface area contributed by atoms with Gasteiger partial charge in [-0.3, -0.25) is 4.79 Å². The molecule has 2 aliphatic heterocycles. The van der Waals surface area contributed by atoms with Crippen LogP contribution in [0.3, 0.4) is 0 Å². The third kappa shape index (κ3) is 4.33. The van der Waals surface area contributed by atoms with E-state index in [0.717, 1.165) is 44.8 Å². The molecule has 7 heteroatoms. The fraction of sp³-hybridized carbons (Fsp3) is 0.308. The summed E-state index contributed by atoms with van der Waals surface area (Å²) in [7, 11) is 1.66. The van der Waals surface area contributed by atoms with Gasteiger partial charge >= 0.3 is 0 Å². The second kappa shape index (κ2) is 8.90. The third-order valence-corrected chi connectivity index (χ3v) is 7.02. The Bertz CT molecular complexity index is 1210. The topological polar surface area (TPSA) is 54.4 Å². The first kappa shape index (κ1) is 21.5. The molecule has 6 nitrogen and oxygen atoms in total. The number of benzene rings is 2. The van der Waals surface area contributed by atoms with Crippen molar-refractivity contribution in [2.24, 2.45) is 4.99 Å². The Balaban J connectivity index is 1.45. The third-order valence-electron chi connectivity index (χ3n) is 6.14. The van der Waals surface area contributed by atoms with E-state index in [1.807, 2.05) is 65.7 Å². The van der Waals surface area contributed by atoms with Crippen LogP contribution in [0.2, 0.25) is 0 Å². The van der Waals surface area contributed by atoms with Crippen LogP contribution in [0.5, 0.6) is 17.2 Å². The van der Waals surface area contributed by atoms with Gasteiger partial charge in [-0.15, -0.1) is 11.3 Å². The van der Waals surface area contributed by atoms with E-state index in [-0.39, 0.29) is 11.9 Å². The number of piperazine rings is 1. The van der Waals surface area contributed by atoms with Gasteiger partial charge in [-0.05, 0) is 61.2 Å². The highest BCUT2D eigenvalue weighted by Gasteiger charge is 2.31. The molecular formula is C26H27N3O3S. The lowest BCUT2D eigenvalue weighted by molar-refractivity contribution is -0.134. The van der Waals surface area contributed by atoms with Crippen molar-refractivity contribution in [3.63, 3.8) is 0 Å². The van der Waals surface area contributed by atoms with Crippen LogP contribution in [0.15, 0.2) is 58.9 Å². The Morgan fingerprint density at radius 2 is 2.06 bits per heavy atom. The van der Waals surface area contributed by atoms with Gasteiger partial charge in [0.05, 0.1) is 19.1 Å². The maximum atomic E-state index is 12.9. The summed E-state index contributed by atoms with van der Waals surface area (Å²) in [6.07, 6.45) is 0.462. The zero-order valence-corrected chi connectivity index (χ0v) is 19.9. The average molecular weight is 462 g/mol. The Labute approximate surface area is 198 Å². The quantitative estimate of drug-likeness (QED) is 0.549. The number of methoxy groups -OCH3 is 1. The van der Waals surface area contributed by atoms with E-state index in [0.29, 0.717) is 26.1 Å². The molecule has 2 aromatic carbocycles. The van der Waals surface area contributed by atoms with Crippen LogP contribution in [-0.4, -0.2) is 54.3 Å². The number of ether oxygens (including phenoxy) is 2. The van der Waals surface area contributed by atoms with Gasteiger partial charge in [0, 0.05) is 30.6 Å². The van der Waals surface area contributed by atoms with Crippen LogP contribution >= 0.6 is 11.3 Å². The number of fused-ring (bicyclic) bond motifs is 2. The van der Waals surface area contributed by atoms with Crippen molar-refractivity contribution in [3.8, 4) is 17.2 Å². The predicted octanol–water partition coefficient (Wildman–Crippen LogP) is 5.02. The Hall–Kier alpha value is -3.32. The summed E-state index contributed by atoms with van der Waals surface area (Å²) in [5.74, 6) is 3.28. The first-order valence-corrected chi connectivity index (χ1v) is 12.0. The highest BCUT2D eigenvalue weighted by Crippen LogP contribution is 2.40. The summed E-state index contributed by atoms with van der Waals surface area (Å²) in [5, 5.41) is 2.02. The summed E-state index contributed by atoms with van der Waals surface area (Å²) >= 11 is 1.63. The van der Waals surface area contributed by atoms with Gasteiger partial charge in [0.2, 0.25) is 5.91 Å². The standard InChI is InChI=1S/C26H27N3O3S/c1-17-6-8-22-24(13-17)32-23-9-7-19(31-3)14-21(23)26(27-22)28-10-11-29(18(2)16-28)25(30)15-20-5-4-12-33-20/h4-9,12-14,18H,10-11,15-16H2,1-3H3/t18-/m0/s1. The monoisotopic (exact) mass is 461 g/mol. The number of nitrogens with zero attached hydrogens (tertiary/aromatic N) is 3. The first-order valence-electron chi connectivity index (χ1n) is 11.1. The maximum absolute atomic E-state index is 12.9. The fourth-order valence-electron chi connectivity index (χ4n) is 4.41. The molecule has 1 atom stereocenters. The van der Waals surface area contributed by atoms with Gasteiger partial charge in [-0.25, -0.2) is 4.99 Å². The number of carbonyl (C=O) groups is 1. The van der Waals surface area contributed by atoms with E-state index in [4.69, 9.17) is 14.5 Å². The molecule has 2 aliphatic rings. The first-order chi connectivity index (χ1) is 16.0. The summed E-state index contributed by atoms with van der Waals surface area (Å²) < 4.78 is 11.8. The molecule has 170 valence electrons. The van der Waals surface area contributed by atoms with Crippen molar-refractivity contribution in [1.82, 2.24) is 9.80 Å². The molecule has 5 rings (SSSR count). The van der Waals surface area contributed by atoms with Crippen molar-refractivity contribution < 1.29 is 14.3 Å². The normalized spacial score (nSPS) is 17.4. The molecule has 0 unspecified atom stereocenters. The molecule has 0 saturated carbocycles. The molecule has 3 heterocycles. The van der Waals surface area contributed by atoms with Crippen molar-refractivity contribution in [1.29, 1.82) is 0 Å². The van der Waals surface area contributed by atoms with Crippen LogP contribution in [0.1, 0.15) is 22.9 Å². The van der Waals surface area contributed by atoms with Crippen molar-refractivity contribution in [3.05, 3.63) is 69.9 Å². The summed E-state index contributed by atoms with van der Waals surface area (Å²) in [4.78, 5) is 23.3. The van der Waals surface area contributed by atoms with Gasteiger partial charge in [0.1, 0.15) is 23.0 Å². The zero-order chi connectivity index (χ0) is 22.9. The van der Waals surface area contributed by atoms with Gasteiger partial charge in [0.15, 0.2) is 5.75 Å². The van der Waals surface area contributed by atoms with Gasteiger partial charge < -0.3 is 19.3 Å². The second-order valence-electron chi connectivity index (χ2n) is 8.51. The molecule has 0 radical (unpaired) electrons. The summed E-state index contributed by atoms with van der Waals surface area (Å²) in [5.41, 5.74) is 2.82. The predicted molar refractivity (Wildman–Crippen MR) is 131 cm³/mol. The molecule has 1 saturated heterocycles. The van der Waals surface area contributed by atoms with Crippen molar-refractivity contribution in [2.75, 3.05) is 26.7 Å². The highest BCUT2D eigenvalue weighted by molar-refractivity contribution is 7.10. The van der Waals surface area contributed by atoms with Gasteiger partial charge in [0.25, 0.3) is 0 Å². The van der Waals surface area contributed by atoms with E-state index < -0.39 is 0 Å². The van der Waals surface area contributed by atoms with Crippen LogP contribution < -0.4 is 9.47 Å². The molecule has 0 aliphatic carbocycles. The Morgan fingerprint density at radius 3 is 2.82 bits per heavy atom. The number of carbonyl (C=O) groups excluding carboxylic acids is 1. The molecule has 1 amide bonds. The number of hydrogen-bond acceptors (Lipinski definition) is 6. The number of hydrogen-bond donors (Lipinski definition) is 0. The highest BCUT2D eigenvalue weighted by atomic mass is 32.1. The number of thiophene rings is 1. The molecule has 3 aromatic rings. The average Bonchev–Trinajstić information content (AvgIpc) is 3.26. The SMILES string of the molecule is COc1ccc2c(c1)C(N1CCN(C(=O)Cc3cccs3)[C@@H](C)C1)=Nc1ccc(C)cc1O2. The lowest BCUT2D eigenvalue weighted by Gasteiger charge is -2.41. The fourth-order valence-corrected chi connectivity index (χ4v) is 5.11. The number of aliphatic imine (C=N–C) groups is 1. The molecule has 0 spiro atoms. The number of amidine groups is 1. The molecule has 1 fully saturated rings. The zero-order valence-electron chi connectivity index (χ0n) is 19.1. The molecule has 0 N–H and O–H groups in total. The largest absolute Gasteiger partial charge is 0.497 e. The minimum atomic E-state index is 0.0737. The number of amides is 1. The smallest absolute Gasteiger partial charge is 0.228 e. The Morgan fingerprint density at radius 1 is 1.18 bits per heavy atom. The summed E-state index contributed by atoms with van der Waals surface area (Å²) in [6, 6.07) is 16.0. The van der Waals surface area contributed by atoms with E-state index in [1.165, 1.54) is 0 Å². The number of aryl methyl sites for hydroxylation is 1. The lowest BCUT2D eigenvalue weighted by atomic mass is 10.1. The molecule has 0 bridgehead atoms. The van der Waals surface area contributed by atoms with Crippen LogP contribution in [0.25, 0.3) is 0 Å². The van der Waals surface area contributed by atoms with Crippen molar-refractivity contribution in [2.45, 2.75) is 26.3 Å². The van der Waals surface area contributed by atoms with E-state index in [1.54, 1.807) is 18.4 Å². The van der Waals surface area contributed by atoms with E-state index in [2.05, 4.69) is 11.8 Å². The van der Waals surface area contributed by atoms with Crippen molar-refractivity contribution >= 4 is 28.8 Å². The van der Waals surface area contributed by atoms with Gasteiger partial charge in [-0.1, -0.05) is 12.1 Å². The Kier molecular flexibility index (Phi) is 5.81. The second-order valence-corrected chi connectivity index (χ2v) is 9.54.